The SMILES string of the molecule is N#Cc1cnn2cc(F)c(N3CCCC3)nc12. The Hall–Kier alpha value is -2.16. The maximum Gasteiger partial charge on any atom is 0.184 e. The summed E-state index contributed by atoms with van der Waals surface area (Å²) in [7, 11) is 0. The molecule has 0 aromatic carbocycles. The highest BCUT2D eigenvalue weighted by molar-refractivity contribution is 5.58. The van der Waals surface area contributed by atoms with E-state index in [1.165, 1.54) is 16.9 Å². The van der Waals surface area contributed by atoms with Crippen molar-refractivity contribution in [2.75, 3.05) is 18.0 Å². The Kier molecular flexibility index (Phi) is 2.18. The lowest BCUT2D eigenvalue weighted by Gasteiger charge is -2.16. The molecule has 0 N–H and O–H groups in total. The third kappa shape index (κ3) is 1.51. The maximum absolute atomic E-state index is 13.8. The number of halogens is 1. The second-order valence-corrected chi connectivity index (χ2v) is 4.04. The Labute approximate surface area is 97.1 Å². The molecule has 0 radical (unpaired) electrons. The molecule has 6 heteroatoms. The molecule has 17 heavy (non-hydrogen) atoms. The molecule has 0 aliphatic carbocycles. The number of hydrogen-bond donors (Lipinski definition) is 0. The zero-order chi connectivity index (χ0) is 11.8. The standard InChI is InChI=1S/C11H10FN5/c12-9-7-17-10(8(5-13)6-14-17)15-11(9)16-3-1-2-4-16/h6-7H,1-4H2. The summed E-state index contributed by atoms with van der Waals surface area (Å²) in [6.45, 7) is 1.63. The Balaban J connectivity index is 2.17. The Morgan fingerprint density at radius 3 is 2.82 bits per heavy atom. The van der Waals surface area contributed by atoms with Crippen LogP contribution >= 0.6 is 0 Å². The van der Waals surface area contributed by atoms with E-state index in [2.05, 4.69) is 10.1 Å². The highest BCUT2D eigenvalue weighted by Gasteiger charge is 2.19. The van der Waals surface area contributed by atoms with Gasteiger partial charge >= 0.3 is 0 Å². The minimum absolute atomic E-state index is 0.326. The molecular formula is C11H10FN5. The monoisotopic (exact) mass is 231 g/mol. The molecule has 3 heterocycles. The molecule has 1 saturated heterocycles. The van der Waals surface area contributed by atoms with E-state index in [4.69, 9.17) is 5.26 Å². The molecule has 86 valence electrons. The quantitative estimate of drug-likeness (QED) is 0.743. The lowest BCUT2D eigenvalue weighted by Crippen LogP contribution is -2.21. The molecule has 1 fully saturated rings. The first-order valence-corrected chi connectivity index (χ1v) is 5.48. The van der Waals surface area contributed by atoms with Crippen molar-refractivity contribution in [3.8, 4) is 6.07 Å². The summed E-state index contributed by atoms with van der Waals surface area (Å²) in [5, 5.41) is 12.8. The van der Waals surface area contributed by atoms with Gasteiger partial charge in [-0.1, -0.05) is 0 Å². The Bertz CT molecular complexity index is 606. The Morgan fingerprint density at radius 1 is 1.35 bits per heavy atom. The fourth-order valence-corrected chi connectivity index (χ4v) is 2.11. The number of hydrogen-bond acceptors (Lipinski definition) is 4. The number of nitriles is 1. The fourth-order valence-electron chi connectivity index (χ4n) is 2.11. The first-order chi connectivity index (χ1) is 8.29. The lowest BCUT2D eigenvalue weighted by molar-refractivity contribution is 0.602. The van der Waals surface area contributed by atoms with Crippen molar-refractivity contribution in [2.24, 2.45) is 0 Å². The van der Waals surface area contributed by atoms with Gasteiger partial charge in [0, 0.05) is 13.1 Å². The van der Waals surface area contributed by atoms with Gasteiger partial charge in [0.05, 0.1) is 12.4 Å². The molecule has 0 saturated carbocycles. The number of fused-ring (bicyclic) bond motifs is 1. The molecule has 0 spiro atoms. The minimum atomic E-state index is -0.396. The third-order valence-corrected chi connectivity index (χ3v) is 2.96. The molecule has 3 rings (SSSR count). The van der Waals surface area contributed by atoms with Gasteiger partial charge in [-0.3, -0.25) is 0 Å². The molecule has 2 aromatic rings. The highest BCUT2D eigenvalue weighted by Crippen LogP contribution is 2.22. The van der Waals surface area contributed by atoms with Gasteiger partial charge in [-0.05, 0) is 12.8 Å². The van der Waals surface area contributed by atoms with E-state index in [1.54, 1.807) is 0 Å². The second kappa shape index (κ2) is 3.70. The van der Waals surface area contributed by atoms with Crippen molar-refractivity contribution in [3.63, 3.8) is 0 Å². The smallest absolute Gasteiger partial charge is 0.184 e. The largest absolute Gasteiger partial charge is 0.354 e. The summed E-state index contributed by atoms with van der Waals surface area (Å²) in [6.07, 6.45) is 4.78. The van der Waals surface area contributed by atoms with Crippen LogP contribution < -0.4 is 4.90 Å². The molecule has 5 nitrogen and oxygen atoms in total. The van der Waals surface area contributed by atoms with Gasteiger partial charge in [-0.15, -0.1) is 0 Å². The predicted molar refractivity (Wildman–Crippen MR) is 59.1 cm³/mol. The van der Waals surface area contributed by atoms with E-state index in [9.17, 15) is 4.39 Å². The van der Waals surface area contributed by atoms with Crippen molar-refractivity contribution in [1.82, 2.24) is 14.6 Å². The van der Waals surface area contributed by atoms with Crippen molar-refractivity contribution < 1.29 is 4.39 Å². The molecule has 2 aromatic heterocycles. The molecule has 1 aliphatic rings. The van der Waals surface area contributed by atoms with E-state index in [0.717, 1.165) is 25.9 Å². The highest BCUT2D eigenvalue weighted by atomic mass is 19.1. The summed E-state index contributed by atoms with van der Waals surface area (Å²) in [5.74, 6) is -0.0704. The minimum Gasteiger partial charge on any atom is -0.354 e. The van der Waals surface area contributed by atoms with Crippen LogP contribution in [0.3, 0.4) is 0 Å². The maximum atomic E-state index is 13.8. The van der Waals surface area contributed by atoms with Crippen LogP contribution in [0.5, 0.6) is 0 Å². The normalized spacial score (nSPS) is 15.4. The van der Waals surface area contributed by atoms with Crippen LogP contribution in [0.15, 0.2) is 12.4 Å². The Morgan fingerprint density at radius 2 is 2.12 bits per heavy atom. The van der Waals surface area contributed by atoms with Gasteiger partial charge < -0.3 is 4.90 Å². The van der Waals surface area contributed by atoms with Gasteiger partial charge in [0.2, 0.25) is 0 Å². The molecule has 0 bridgehead atoms. The second-order valence-electron chi connectivity index (χ2n) is 4.04. The number of aromatic nitrogens is 3. The van der Waals surface area contributed by atoms with Gasteiger partial charge in [0.25, 0.3) is 0 Å². The van der Waals surface area contributed by atoms with E-state index < -0.39 is 5.82 Å². The molecule has 0 atom stereocenters. The van der Waals surface area contributed by atoms with E-state index in [1.807, 2.05) is 11.0 Å². The van der Waals surface area contributed by atoms with Crippen LogP contribution in [0.25, 0.3) is 5.65 Å². The van der Waals surface area contributed by atoms with Crippen LogP contribution in [-0.4, -0.2) is 27.7 Å². The number of rotatable bonds is 1. The van der Waals surface area contributed by atoms with Crippen LogP contribution in [-0.2, 0) is 0 Å². The van der Waals surface area contributed by atoms with Crippen LogP contribution in [0.4, 0.5) is 10.2 Å². The average Bonchev–Trinajstić information content (AvgIpc) is 2.95. The van der Waals surface area contributed by atoms with Crippen LogP contribution in [0.2, 0.25) is 0 Å². The van der Waals surface area contributed by atoms with Gasteiger partial charge in [0.1, 0.15) is 11.6 Å². The zero-order valence-corrected chi connectivity index (χ0v) is 9.10. The molecule has 0 amide bonds. The van der Waals surface area contributed by atoms with Gasteiger partial charge in [-0.25, -0.2) is 13.9 Å². The van der Waals surface area contributed by atoms with Crippen LogP contribution in [0.1, 0.15) is 18.4 Å². The lowest BCUT2D eigenvalue weighted by atomic mass is 10.4. The number of anilines is 1. The van der Waals surface area contributed by atoms with Gasteiger partial charge in [0.15, 0.2) is 17.3 Å². The summed E-state index contributed by atoms with van der Waals surface area (Å²) in [5.41, 5.74) is 0.779. The van der Waals surface area contributed by atoms with Crippen molar-refractivity contribution >= 4 is 11.5 Å². The average molecular weight is 231 g/mol. The summed E-state index contributed by atoms with van der Waals surface area (Å²) in [4.78, 5) is 6.12. The fraction of sp³-hybridized carbons (Fsp3) is 0.364. The van der Waals surface area contributed by atoms with E-state index >= 15 is 0 Å². The topological polar surface area (TPSA) is 57.2 Å². The summed E-state index contributed by atoms with van der Waals surface area (Å²) in [6, 6.07) is 2.00. The van der Waals surface area contributed by atoms with Gasteiger partial charge in [-0.2, -0.15) is 10.4 Å². The first kappa shape index (κ1) is 10.0. The number of nitrogens with zero attached hydrogens (tertiary/aromatic N) is 5. The molecule has 0 unspecified atom stereocenters. The third-order valence-electron chi connectivity index (χ3n) is 2.96. The van der Waals surface area contributed by atoms with Crippen molar-refractivity contribution in [2.45, 2.75) is 12.8 Å². The van der Waals surface area contributed by atoms with E-state index in [-0.39, 0.29) is 0 Å². The van der Waals surface area contributed by atoms with E-state index in [0.29, 0.717) is 17.0 Å². The first-order valence-electron chi connectivity index (χ1n) is 5.48. The van der Waals surface area contributed by atoms with Crippen molar-refractivity contribution in [3.05, 3.63) is 23.8 Å². The molecular weight excluding hydrogens is 221 g/mol. The predicted octanol–water partition coefficient (Wildman–Crippen LogP) is 1.34. The molecule has 1 aliphatic heterocycles. The summed E-state index contributed by atoms with van der Waals surface area (Å²) >= 11 is 0. The zero-order valence-electron chi connectivity index (χ0n) is 9.10. The summed E-state index contributed by atoms with van der Waals surface area (Å²) < 4.78 is 15.1. The van der Waals surface area contributed by atoms with Crippen LogP contribution in [0, 0.1) is 17.1 Å². The van der Waals surface area contributed by atoms with Crippen molar-refractivity contribution in [1.29, 1.82) is 5.26 Å².